The second kappa shape index (κ2) is 3.55. The average molecular weight is 233 g/mol. The first-order valence-corrected chi connectivity index (χ1v) is 5.53. The molecule has 17 heavy (non-hydrogen) atoms. The van der Waals surface area contributed by atoms with Gasteiger partial charge in [0.15, 0.2) is 11.6 Å². The maximum absolute atomic E-state index is 13.5. The van der Waals surface area contributed by atoms with E-state index in [-0.39, 0.29) is 11.3 Å². The first-order valence-electron chi connectivity index (χ1n) is 5.53. The van der Waals surface area contributed by atoms with E-state index in [1.807, 2.05) is 0 Å². The monoisotopic (exact) mass is 233 g/mol. The third kappa shape index (κ3) is 1.67. The van der Waals surface area contributed by atoms with Gasteiger partial charge in [0.25, 0.3) is 0 Å². The Morgan fingerprint density at radius 1 is 1.53 bits per heavy atom. The topological polar surface area (TPSA) is 57.9 Å². The molecule has 0 aliphatic heterocycles. The van der Waals surface area contributed by atoms with Gasteiger partial charge in [-0.25, -0.2) is 9.37 Å². The number of carbonyl (C=O) groups is 1. The lowest BCUT2D eigenvalue weighted by Crippen LogP contribution is -2.26. The highest BCUT2D eigenvalue weighted by Gasteiger charge is 2.25. The minimum Gasteiger partial charge on any atom is -0.542 e. The summed E-state index contributed by atoms with van der Waals surface area (Å²) in [4.78, 5) is 14.8. The Balaban J connectivity index is 2.22. The molecule has 0 unspecified atom stereocenters. The van der Waals surface area contributed by atoms with E-state index in [2.05, 4.69) is 4.98 Å². The number of carbonyl (C=O) groups excluding carboxylic acids is 1. The van der Waals surface area contributed by atoms with Crippen LogP contribution in [0, 0.1) is 11.7 Å². The maximum Gasteiger partial charge on any atom is 0.156 e. The minimum absolute atomic E-state index is 0.104. The Kier molecular flexibility index (Phi) is 2.14. The summed E-state index contributed by atoms with van der Waals surface area (Å²) in [6.07, 6.45) is 2.17. The number of halogens is 1. The second-order valence-electron chi connectivity index (χ2n) is 4.38. The van der Waals surface area contributed by atoms with Gasteiger partial charge in [-0.05, 0) is 30.9 Å². The first kappa shape index (κ1) is 10.3. The van der Waals surface area contributed by atoms with Crippen molar-refractivity contribution in [2.75, 3.05) is 0 Å². The van der Waals surface area contributed by atoms with E-state index in [4.69, 9.17) is 0 Å². The van der Waals surface area contributed by atoms with Gasteiger partial charge in [-0.15, -0.1) is 0 Å². The smallest absolute Gasteiger partial charge is 0.156 e. The number of fused-ring (bicyclic) bond motifs is 1. The molecule has 88 valence electrons. The summed E-state index contributed by atoms with van der Waals surface area (Å²) in [5.74, 6) is -1.56. The third-order valence-corrected chi connectivity index (χ3v) is 3.05. The molecular weight excluding hydrogens is 223 g/mol. The van der Waals surface area contributed by atoms with Crippen LogP contribution in [-0.4, -0.2) is 15.5 Å². The van der Waals surface area contributed by atoms with Crippen LogP contribution in [0.3, 0.4) is 0 Å². The molecule has 0 amide bonds. The Morgan fingerprint density at radius 3 is 2.94 bits per heavy atom. The number of benzene rings is 1. The molecule has 3 rings (SSSR count). The Bertz CT molecular complexity index is 602. The fourth-order valence-electron chi connectivity index (χ4n) is 2.01. The molecule has 1 aliphatic rings. The van der Waals surface area contributed by atoms with E-state index < -0.39 is 11.8 Å². The van der Waals surface area contributed by atoms with Crippen LogP contribution in [0.5, 0.6) is 0 Å². The predicted octanol–water partition coefficient (Wildman–Crippen LogP) is 0.949. The lowest BCUT2D eigenvalue weighted by molar-refractivity contribution is -0.256. The Labute approximate surface area is 96.7 Å². The van der Waals surface area contributed by atoms with Gasteiger partial charge in [-0.2, -0.15) is 0 Å². The number of imidazole rings is 1. The molecule has 0 N–H and O–H groups in total. The van der Waals surface area contributed by atoms with E-state index >= 15 is 0 Å². The zero-order valence-corrected chi connectivity index (χ0v) is 9.02. The molecule has 0 spiro atoms. The number of carboxylic acid groups (broad SMARTS) is 1. The highest BCUT2D eigenvalue weighted by molar-refractivity contribution is 5.88. The predicted molar refractivity (Wildman–Crippen MR) is 56.7 cm³/mol. The SMILES string of the molecule is O=C([O-])c1nc2c(F)cccc2n1CC1CC1. The van der Waals surface area contributed by atoms with Crippen molar-refractivity contribution >= 4 is 17.0 Å². The van der Waals surface area contributed by atoms with Crippen molar-refractivity contribution in [3.63, 3.8) is 0 Å². The van der Waals surface area contributed by atoms with Gasteiger partial charge in [0.05, 0.1) is 5.52 Å². The molecule has 1 heterocycles. The van der Waals surface area contributed by atoms with Crippen LogP contribution in [0.2, 0.25) is 0 Å². The van der Waals surface area contributed by atoms with Gasteiger partial charge < -0.3 is 14.5 Å². The minimum atomic E-state index is -1.36. The fraction of sp³-hybridized carbons (Fsp3) is 0.333. The Hall–Kier alpha value is -1.91. The van der Waals surface area contributed by atoms with E-state index in [0.29, 0.717) is 18.0 Å². The second-order valence-corrected chi connectivity index (χ2v) is 4.38. The molecule has 0 bridgehead atoms. The maximum atomic E-state index is 13.5. The highest BCUT2D eigenvalue weighted by Crippen LogP contribution is 2.32. The van der Waals surface area contributed by atoms with Crippen molar-refractivity contribution in [2.24, 2.45) is 5.92 Å². The van der Waals surface area contributed by atoms with Crippen LogP contribution in [0.1, 0.15) is 23.5 Å². The highest BCUT2D eigenvalue weighted by atomic mass is 19.1. The Morgan fingerprint density at radius 2 is 2.29 bits per heavy atom. The summed E-state index contributed by atoms with van der Waals surface area (Å²) in [6, 6.07) is 4.51. The standard InChI is InChI=1S/C12H11FN2O2/c13-8-2-1-3-9-10(8)14-11(12(16)17)15(9)6-7-4-5-7/h1-3,7H,4-6H2,(H,16,17)/p-1. The molecule has 5 heteroatoms. The quantitative estimate of drug-likeness (QED) is 0.793. The number of para-hydroxylation sites is 1. The molecule has 1 fully saturated rings. The lowest BCUT2D eigenvalue weighted by atomic mass is 10.3. The van der Waals surface area contributed by atoms with Gasteiger partial charge in [-0.3, -0.25) is 0 Å². The number of aromatic carboxylic acids is 1. The van der Waals surface area contributed by atoms with Crippen molar-refractivity contribution in [2.45, 2.75) is 19.4 Å². The van der Waals surface area contributed by atoms with E-state index in [0.717, 1.165) is 12.8 Å². The zero-order valence-electron chi connectivity index (χ0n) is 9.02. The summed E-state index contributed by atoms with van der Waals surface area (Å²) in [6.45, 7) is 0.573. The molecular formula is C12H10FN2O2-. The molecule has 1 aromatic heterocycles. The van der Waals surface area contributed by atoms with Gasteiger partial charge in [0.1, 0.15) is 11.5 Å². The molecule has 2 aromatic rings. The number of carboxylic acids is 1. The van der Waals surface area contributed by atoms with E-state index in [1.54, 1.807) is 16.7 Å². The van der Waals surface area contributed by atoms with Crippen LogP contribution in [0.25, 0.3) is 11.0 Å². The van der Waals surface area contributed by atoms with Gasteiger partial charge in [0, 0.05) is 6.54 Å². The number of aromatic nitrogens is 2. The molecule has 0 radical (unpaired) electrons. The molecule has 0 atom stereocenters. The number of nitrogens with zero attached hydrogens (tertiary/aromatic N) is 2. The molecule has 4 nitrogen and oxygen atoms in total. The summed E-state index contributed by atoms with van der Waals surface area (Å²) in [5.41, 5.74) is 0.628. The van der Waals surface area contributed by atoms with Crippen molar-refractivity contribution < 1.29 is 14.3 Å². The zero-order chi connectivity index (χ0) is 12.0. The molecule has 1 aromatic carbocycles. The van der Waals surface area contributed by atoms with E-state index in [9.17, 15) is 14.3 Å². The summed E-state index contributed by atoms with van der Waals surface area (Å²) < 4.78 is 15.1. The van der Waals surface area contributed by atoms with Crippen molar-refractivity contribution in [3.8, 4) is 0 Å². The van der Waals surface area contributed by atoms with Crippen LogP contribution < -0.4 is 5.11 Å². The van der Waals surface area contributed by atoms with Crippen molar-refractivity contribution in [1.29, 1.82) is 0 Å². The van der Waals surface area contributed by atoms with Gasteiger partial charge in [0.2, 0.25) is 0 Å². The number of hydrogen-bond acceptors (Lipinski definition) is 3. The van der Waals surface area contributed by atoms with Gasteiger partial charge >= 0.3 is 0 Å². The first-order chi connectivity index (χ1) is 8.16. The van der Waals surface area contributed by atoms with Crippen molar-refractivity contribution in [1.82, 2.24) is 9.55 Å². The van der Waals surface area contributed by atoms with Crippen LogP contribution in [0.15, 0.2) is 18.2 Å². The van der Waals surface area contributed by atoms with Crippen LogP contribution >= 0.6 is 0 Å². The summed E-state index contributed by atoms with van der Waals surface area (Å²) in [7, 11) is 0. The summed E-state index contributed by atoms with van der Waals surface area (Å²) in [5, 5.41) is 11.0. The van der Waals surface area contributed by atoms with E-state index in [1.165, 1.54) is 6.07 Å². The summed E-state index contributed by atoms with van der Waals surface area (Å²) >= 11 is 0. The average Bonchev–Trinajstić information content (AvgIpc) is 3.01. The lowest BCUT2D eigenvalue weighted by Gasteiger charge is -2.08. The number of hydrogen-bond donors (Lipinski definition) is 0. The molecule has 1 saturated carbocycles. The fourth-order valence-corrected chi connectivity index (χ4v) is 2.01. The normalized spacial score (nSPS) is 15.4. The van der Waals surface area contributed by atoms with Gasteiger partial charge in [-0.1, -0.05) is 6.07 Å². The molecule has 1 aliphatic carbocycles. The van der Waals surface area contributed by atoms with Crippen LogP contribution in [0.4, 0.5) is 4.39 Å². The largest absolute Gasteiger partial charge is 0.542 e. The number of rotatable bonds is 3. The van der Waals surface area contributed by atoms with Crippen molar-refractivity contribution in [3.05, 3.63) is 29.8 Å². The van der Waals surface area contributed by atoms with Crippen LogP contribution in [-0.2, 0) is 6.54 Å². The third-order valence-electron chi connectivity index (χ3n) is 3.05. The molecule has 0 saturated heterocycles.